The number of hydrogen-bond acceptors (Lipinski definition) is 4. The summed E-state index contributed by atoms with van der Waals surface area (Å²) in [5.74, 6) is -1.08. The molecule has 0 aromatic heterocycles. The van der Waals surface area contributed by atoms with Crippen molar-refractivity contribution in [3.05, 3.63) is 81.3 Å². The summed E-state index contributed by atoms with van der Waals surface area (Å²) in [4.78, 5) is 35.7. The first kappa shape index (κ1) is 19.9. The van der Waals surface area contributed by atoms with Crippen LogP contribution in [0.2, 0.25) is 10.0 Å². The average Bonchev–Trinajstić information content (AvgIpc) is 2.72. The van der Waals surface area contributed by atoms with Gasteiger partial charge in [-0.3, -0.25) is 20.2 Å². The summed E-state index contributed by atoms with van der Waals surface area (Å²) in [7, 11) is 0. The molecule has 0 radical (unpaired) electrons. The normalized spacial score (nSPS) is 13.8. The van der Waals surface area contributed by atoms with Gasteiger partial charge in [-0.05, 0) is 40.6 Å². The van der Waals surface area contributed by atoms with E-state index in [2.05, 4.69) is 10.6 Å². The van der Waals surface area contributed by atoms with E-state index in [1.165, 1.54) is 6.08 Å². The van der Waals surface area contributed by atoms with Gasteiger partial charge in [0.25, 0.3) is 11.8 Å². The van der Waals surface area contributed by atoms with Gasteiger partial charge < -0.3 is 4.74 Å². The smallest absolute Gasteiger partial charge is 0.328 e. The molecule has 0 spiro atoms. The van der Waals surface area contributed by atoms with E-state index in [9.17, 15) is 14.4 Å². The number of urea groups is 1. The molecule has 1 fully saturated rings. The first-order chi connectivity index (χ1) is 14.4. The minimum absolute atomic E-state index is 0.189. The van der Waals surface area contributed by atoms with Gasteiger partial charge >= 0.3 is 6.03 Å². The molecule has 3 aromatic carbocycles. The van der Waals surface area contributed by atoms with E-state index >= 15 is 0 Å². The molecule has 0 saturated carbocycles. The number of carbonyl (C=O) groups excluding carboxylic acids is 3. The van der Waals surface area contributed by atoms with Crippen molar-refractivity contribution in [2.75, 3.05) is 0 Å². The van der Waals surface area contributed by atoms with Gasteiger partial charge in [-0.15, -0.1) is 0 Å². The van der Waals surface area contributed by atoms with Crippen LogP contribution in [0, 0.1) is 0 Å². The molecule has 3 aromatic rings. The summed E-state index contributed by atoms with van der Waals surface area (Å²) in [6.07, 6.45) is 1.42. The van der Waals surface area contributed by atoms with Gasteiger partial charge in [-0.2, -0.15) is 0 Å². The minimum Gasteiger partial charge on any atom is -0.488 e. The van der Waals surface area contributed by atoms with Crippen molar-refractivity contribution in [1.82, 2.24) is 10.6 Å². The van der Waals surface area contributed by atoms with E-state index in [4.69, 9.17) is 27.9 Å². The highest BCUT2D eigenvalue weighted by molar-refractivity contribution is 6.42. The molecule has 1 aliphatic rings. The zero-order valence-corrected chi connectivity index (χ0v) is 16.9. The molecule has 4 rings (SSSR count). The Labute approximate surface area is 181 Å². The molecular formula is C22H14Cl2N2O4. The lowest BCUT2D eigenvalue weighted by Crippen LogP contribution is -2.51. The second kappa shape index (κ2) is 8.18. The second-order valence-corrected chi connectivity index (χ2v) is 7.35. The van der Waals surface area contributed by atoms with Gasteiger partial charge in [-0.25, -0.2) is 4.79 Å². The number of fused-ring (bicyclic) bond motifs is 1. The number of carbonyl (C=O) groups is 3. The fraction of sp³-hybridized carbons (Fsp3) is 0.0455. The Hall–Kier alpha value is -3.35. The minimum atomic E-state index is -0.851. The lowest BCUT2D eigenvalue weighted by molar-refractivity contribution is -0.123. The summed E-state index contributed by atoms with van der Waals surface area (Å²) in [6, 6.07) is 15.5. The Bertz CT molecular complexity index is 1220. The molecule has 4 amide bonds. The Kier molecular flexibility index (Phi) is 5.44. The summed E-state index contributed by atoms with van der Waals surface area (Å²) >= 11 is 12.0. The largest absolute Gasteiger partial charge is 0.488 e. The van der Waals surface area contributed by atoms with E-state index in [1.807, 2.05) is 30.3 Å². The van der Waals surface area contributed by atoms with Crippen molar-refractivity contribution in [1.29, 1.82) is 0 Å². The van der Waals surface area contributed by atoms with Crippen LogP contribution in [0.1, 0.15) is 11.1 Å². The topological polar surface area (TPSA) is 84.5 Å². The van der Waals surface area contributed by atoms with Crippen molar-refractivity contribution < 1.29 is 19.1 Å². The van der Waals surface area contributed by atoms with E-state index in [0.717, 1.165) is 16.3 Å². The standard InChI is InChI=1S/C22H14Cl2N2O4/c23-17-7-5-12(9-18(17)24)11-30-19-8-6-13-3-1-2-4-14(13)15(19)10-16-20(27)25-22(29)26-21(16)28/h1-10H,11H2,(H2,25,26,27,28,29). The predicted octanol–water partition coefficient (Wildman–Crippen LogP) is 4.48. The lowest BCUT2D eigenvalue weighted by atomic mass is 10.00. The Balaban J connectivity index is 1.75. The van der Waals surface area contributed by atoms with Crippen LogP contribution in [0.5, 0.6) is 5.75 Å². The summed E-state index contributed by atoms with van der Waals surface area (Å²) in [6.45, 7) is 0.197. The van der Waals surface area contributed by atoms with Crippen molar-refractivity contribution in [2.24, 2.45) is 0 Å². The van der Waals surface area contributed by atoms with Crippen LogP contribution in [0.3, 0.4) is 0 Å². The number of ether oxygens (including phenoxy) is 1. The summed E-state index contributed by atoms with van der Waals surface area (Å²) in [5.41, 5.74) is 1.16. The van der Waals surface area contributed by atoms with Gasteiger partial charge in [0.15, 0.2) is 0 Å². The first-order valence-corrected chi connectivity index (χ1v) is 9.65. The Morgan fingerprint density at radius 2 is 1.60 bits per heavy atom. The number of barbiturate groups is 1. The monoisotopic (exact) mass is 440 g/mol. The number of benzene rings is 3. The molecule has 150 valence electrons. The molecule has 1 aliphatic heterocycles. The van der Waals surface area contributed by atoms with Crippen LogP contribution in [0.4, 0.5) is 4.79 Å². The molecule has 0 aliphatic carbocycles. The number of amides is 4. The summed E-state index contributed by atoms with van der Waals surface area (Å²) in [5, 5.41) is 6.69. The molecule has 8 heteroatoms. The average molecular weight is 441 g/mol. The third kappa shape index (κ3) is 4.01. The SMILES string of the molecule is O=C1NC(=O)C(=Cc2c(OCc3ccc(Cl)c(Cl)c3)ccc3ccccc23)C(=O)N1. The zero-order chi connectivity index (χ0) is 21.3. The van der Waals surface area contributed by atoms with Gasteiger partial charge in [0.2, 0.25) is 0 Å². The molecule has 1 saturated heterocycles. The van der Waals surface area contributed by atoms with Gasteiger partial charge in [0, 0.05) is 5.56 Å². The maximum atomic E-state index is 12.2. The molecule has 2 N–H and O–H groups in total. The van der Waals surface area contributed by atoms with Crippen molar-refractivity contribution in [2.45, 2.75) is 6.61 Å². The number of halogens is 2. The van der Waals surface area contributed by atoms with Crippen LogP contribution >= 0.6 is 23.2 Å². The van der Waals surface area contributed by atoms with Gasteiger partial charge in [0.05, 0.1) is 10.0 Å². The Morgan fingerprint density at radius 3 is 2.33 bits per heavy atom. The van der Waals surface area contributed by atoms with Crippen LogP contribution in [-0.4, -0.2) is 17.8 Å². The number of hydrogen-bond donors (Lipinski definition) is 2. The lowest BCUT2D eigenvalue weighted by Gasteiger charge is -2.16. The van der Waals surface area contributed by atoms with Gasteiger partial charge in [-0.1, -0.05) is 59.6 Å². The third-order valence-electron chi connectivity index (χ3n) is 4.54. The van der Waals surface area contributed by atoms with Crippen LogP contribution in [0.25, 0.3) is 16.8 Å². The molecule has 0 bridgehead atoms. The van der Waals surface area contributed by atoms with Crippen molar-refractivity contribution >= 4 is 57.9 Å². The molecule has 0 atom stereocenters. The van der Waals surface area contributed by atoms with E-state index in [1.54, 1.807) is 24.3 Å². The highest BCUT2D eigenvalue weighted by Gasteiger charge is 2.28. The van der Waals surface area contributed by atoms with Crippen molar-refractivity contribution in [3.63, 3.8) is 0 Å². The predicted molar refractivity (Wildman–Crippen MR) is 114 cm³/mol. The molecular weight excluding hydrogens is 427 g/mol. The second-order valence-electron chi connectivity index (χ2n) is 6.53. The summed E-state index contributed by atoms with van der Waals surface area (Å²) < 4.78 is 5.98. The number of rotatable bonds is 4. The molecule has 0 unspecified atom stereocenters. The maximum Gasteiger partial charge on any atom is 0.328 e. The zero-order valence-electron chi connectivity index (χ0n) is 15.4. The Morgan fingerprint density at radius 1 is 0.867 bits per heavy atom. The third-order valence-corrected chi connectivity index (χ3v) is 5.28. The van der Waals surface area contributed by atoms with Crippen LogP contribution < -0.4 is 15.4 Å². The van der Waals surface area contributed by atoms with Gasteiger partial charge in [0.1, 0.15) is 17.9 Å². The first-order valence-electron chi connectivity index (χ1n) is 8.89. The fourth-order valence-electron chi connectivity index (χ4n) is 3.09. The van der Waals surface area contributed by atoms with Crippen molar-refractivity contribution in [3.8, 4) is 5.75 Å². The quantitative estimate of drug-likeness (QED) is 0.462. The van der Waals surface area contributed by atoms with E-state index in [0.29, 0.717) is 21.4 Å². The molecule has 6 nitrogen and oxygen atoms in total. The number of imide groups is 2. The molecule has 30 heavy (non-hydrogen) atoms. The van der Waals surface area contributed by atoms with E-state index in [-0.39, 0.29) is 12.2 Å². The maximum absolute atomic E-state index is 12.2. The number of nitrogens with one attached hydrogen (secondary N) is 2. The van der Waals surface area contributed by atoms with Crippen LogP contribution in [-0.2, 0) is 16.2 Å². The fourth-order valence-corrected chi connectivity index (χ4v) is 3.41. The highest BCUT2D eigenvalue weighted by atomic mass is 35.5. The van der Waals surface area contributed by atoms with Crippen LogP contribution in [0.15, 0.2) is 60.2 Å². The van der Waals surface area contributed by atoms with E-state index < -0.39 is 17.8 Å². The highest BCUT2D eigenvalue weighted by Crippen LogP contribution is 2.32. The molecule has 1 heterocycles.